The Kier molecular flexibility index (Phi) is 5.35. The van der Waals surface area contributed by atoms with E-state index < -0.39 is 9.84 Å². The van der Waals surface area contributed by atoms with Crippen molar-refractivity contribution in [1.82, 2.24) is 0 Å². The summed E-state index contributed by atoms with van der Waals surface area (Å²) in [5.41, 5.74) is 0.441. The lowest BCUT2D eigenvalue weighted by molar-refractivity contribution is 0.0979. The SMILES string of the molecule is COc1ccc(C(=O)CCCS(C)(=O)=O)c(OC)c1. The van der Waals surface area contributed by atoms with E-state index in [1.165, 1.54) is 14.2 Å². The van der Waals surface area contributed by atoms with Crippen molar-refractivity contribution < 1.29 is 22.7 Å². The molecular formula is C13H18O5S. The molecule has 106 valence electrons. The van der Waals surface area contributed by atoms with Crippen LogP contribution in [-0.2, 0) is 9.84 Å². The molecule has 0 spiro atoms. The highest BCUT2D eigenvalue weighted by Crippen LogP contribution is 2.25. The molecule has 0 aliphatic heterocycles. The molecule has 1 rings (SSSR count). The van der Waals surface area contributed by atoms with Gasteiger partial charge in [0.15, 0.2) is 5.78 Å². The van der Waals surface area contributed by atoms with Crippen molar-refractivity contribution in [3.63, 3.8) is 0 Å². The summed E-state index contributed by atoms with van der Waals surface area (Å²) in [4.78, 5) is 12.0. The van der Waals surface area contributed by atoms with Gasteiger partial charge in [0.2, 0.25) is 0 Å². The molecule has 0 atom stereocenters. The van der Waals surface area contributed by atoms with Crippen LogP contribution >= 0.6 is 0 Å². The van der Waals surface area contributed by atoms with Crippen LogP contribution in [0.5, 0.6) is 11.5 Å². The van der Waals surface area contributed by atoms with E-state index in [0.29, 0.717) is 23.5 Å². The highest BCUT2D eigenvalue weighted by Gasteiger charge is 2.14. The van der Waals surface area contributed by atoms with E-state index in [1.807, 2.05) is 0 Å². The van der Waals surface area contributed by atoms with Gasteiger partial charge in [0, 0.05) is 18.7 Å². The number of hydrogen-bond donors (Lipinski definition) is 0. The monoisotopic (exact) mass is 286 g/mol. The van der Waals surface area contributed by atoms with Gasteiger partial charge in [-0.05, 0) is 18.6 Å². The zero-order valence-electron chi connectivity index (χ0n) is 11.3. The first kappa shape index (κ1) is 15.5. The van der Waals surface area contributed by atoms with Crippen molar-refractivity contribution in [2.24, 2.45) is 0 Å². The fraction of sp³-hybridized carbons (Fsp3) is 0.462. The minimum atomic E-state index is -3.03. The Morgan fingerprint density at radius 3 is 2.42 bits per heavy atom. The Labute approximate surface area is 113 Å². The number of methoxy groups -OCH3 is 2. The van der Waals surface area contributed by atoms with Gasteiger partial charge in [-0.25, -0.2) is 8.42 Å². The largest absolute Gasteiger partial charge is 0.497 e. The summed E-state index contributed by atoms with van der Waals surface area (Å²) in [6, 6.07) is 4.93. The van der Waals surface area contributed by atoms with Crippen LogP contribution < -0.4 is 9.47 Å². The van der Waals surface area contributed by atoms with Crippen LogP contribution in [0.4, 0.5) is 0 Å². The van der Waals surface area contributed by atoms with Gasteiger partial charge in [-0.3, -0.25) is 4.79 Å². The molecule has 0 radical (unpaired) electrons. The van der Waals surface area contributed by atoms with Crippen LogP contribution in [0.15, 0.2) is 18.2 Å². The molecule has 5 nitrogen and oxygen atoms in total. The fourth-order valence-corrected chi connectivity index (χ4v) is 2.33. The van der Waals surface area contributed by atoms with Gasteiger partial charge < -0.3 is 9.47 Å². The Morgan fingerprint density at radius 2 is 1.89 bits per heavy atom. The third-order valence-corrected chi connectivity index (χ3v) is 3.66. The van der Waals surface area contributed by atoms with Gasteiger partial charge in [0.25, 0.3) is 0 Å². The second-order valence-electron chi connectivity index (χ2n) is 4.22. The van der Waals surface area contributed by atoms with Gasteiger partial charge in [0.1, 0.15) is 21.3 Å². The number of hydrogen-bond acceptors (Lipinski definition) is 5. The number of carbonyl (C=O) groups excluding carboxylic acids is 1. The van der Waals surface area contributed by atoms with Crippen molar-refractivity contribution in [2.45, 2.75) is 12.8 Å². The molecule has 0 saturated heterocycles. The molecule has 0 aliphatic carbocycles. The first-order valence-electron chi connectivity index (χ1n) is 5.80. The summed E-state index contributed by atoms with van der Waals surface area (Å²) in [5.74, 6) is 0.911. The molecule has 6 heteroatoms. The quantitative estimate of drug-likeness (QED) is 0.714. The predicted molar refractivity (Wildman–Crippen MR) is 72.8 cm³/mol. The molecule has 0 N–H and O–H groups in total. The summed E-state index contributed by atoms with van der Waals surface area (Å²) >= 11 is 0. The summed E-state index contributed by atoms with van der Waals surface area (Å²) in [6.07, 6.45) is 1.65. The van der Waals surface area contributed by atoms with Gasteiger partial charge in [-0.1, -0.05) is 0 Å². The van der Waals surface area contributed by atoms with Crippen molar-refractivity contribution in [1.29, 1.82) is 0 Å². The number of Topliss-reactive ketones (excluding diaryl/α,β-unsaturated/α-hetero) is 1. The Hall–Kier alpha value is -1.56. The number of benzene rings is 1. The lowest BCUT2D eigenvalue weighted by Gasteiger charge is -2.09. The van der Waals surface area contributed by atoms with Crippen LogP contribution in [-0.4, -0.2) is 40.4 Å². The molecule has 0 heterocycles. The summed E-state index contributed by atoms with van der Waals surface area (Å²) in [7, 11) is -0.0274. The number of rotatable bonds is 7. The predicted octanol–water partition coefficient (Wildman–Crippen LogP) is 1.71. The smallest absolute Gasteiger partial charge is 0.166 e. The minimum Gasteiger partial charge on any atom is -0.497 e. The Balaban J connectivity index is 2.76. The molecule has 0 aliphatic rings. The van der Waals surface area contributed by atoms with Gasteiger partial charge in [0.05, 0.1) is 25.5 Å². The number of sulfone groups is 1. The standard InChI is InChI=1S/C13H18O5S/c1-17-10-6-7-11(13(9-10)18-2)12(14)5-4-8-19(3,15)16/h6-7,9H,4-5,8H2,1-3H3. The molecule has 0 unspecified atom stereocenters. The van der Waals surface area contributed by atoms with Crippen LogP contribution in [0.2, 0.25) is 0 Å². The molecule has 19 heavy (non-hydrogen) atoms. The lowest BCUT2D eigenvalue weighted by Crippen LogP contribution is -2.07. The van der Waals surface area contributed by atoms with Crippen molar-refractivity contribution >= 4 is 15.6 Å². The second-order valence-corrected chi connectivity index (χ2v) is 6.48. The van der Waals surface area contributed by atoms with Crippen LogP contribution in [0.25, 0.3) is 0 Å². The van der Waals surface area contributed by atoms with E-state index in [1.54, 1.807) is 18.2 Å². The zero-order valence-corrected chi connectivity index (χ0v) is 12.1. The van der Waals surface area contributed by atoms with Crippen molar-refractivity contribution in [2.75, 3.05) is 26.2 Å². The van der Waals surface area contributed by atoms with Crippen LogP contribution in [0, 0.1) is 0 Å². The van der Waals surface area contributed by atoms with E-state index in [4.69, 9.17) is 9.47 Å². The number of ketones is 1. The highest BCUT2D eigenvalue weighted by molar-refractivity contribution is 7.90. The first-order valence-corrected chi connectivity index (χ1v) is 7.86. The van der Waals surface area contributed by atoms with Gasteiger partial charge in [-0.2, -0.15) is 0 Å². The van der Waals surface area contributed by atoms with Crippen molar-refractivity contribution in [3.8, 4) is 11.5 Å². The van der Waals surface area contributed by atoms with Gasteiger partial charge in [-0.15, -0.1) is 0 Å². The third kappa shape index (κ3) is 4.90. The third-order valence-electron chi connectivity index (χ3n) is 2.63. The van der Waals surface area contributed by atoms with E-state index in [0.717, 1.165) is 6.26 Å². The maximum absolute atomic E-state index is 12.0. The summed E-state index contributed by atoms with van der Waals surface area (Å²) < 4.78 is 32.2. The van der Waals surface area contributed by atoms with E-state index in [-0.39, 0.29) is 18.0 Å². The minimum absolute atomic E-state index is 0.0111. The molecule has 0 fully saturated rings. The number of ether oxygens (including phenoxy) is 2. The molecule has 0 saturated carbocycles. The van der Waals surface area contributed by atoms with E-state index in [2.05, 4.69) is 0 Å². The summed E-state index contributed by atoms with van der Waals surface area (Å²) in [5, 5.41) is 0. The summed E-state index contributed by atoms with van der Waals surface area (Å²) in [6.45, 7) is 0. The molecule has 0 aromatic heterocycles. The fourth-order valence-electron chi connectivity index (χ4n) is 1.66. The number of carbonyl (C=O) groups is 1. The zero-order chi connectivity index (χ0) is 14.5. The molecule has 1 aromatic carbocycles. The Bertz CT molecular complexity index is 548. The second kappa shape index (κ2) is 6.56. The average Bonchev–Trinajstić information content (AvgIpc) is 2.36. The maximum atomic E-state index is 12.0. The van der Waals surface area contributed by atoms with E-state index >= 15 is 0 Å². The van der Waals surface area contributed by atoms with Gasteiger partial charge >= 0.3 is 0 Å². The lowest BCUT2D eigenvalue weighted by atomic mass is 10.1. The first-order chi connectivity index (χ1) is 8.87. The van der Waals surface area contributed by atoms with E-state index in [9.17, 15) is 13.2 Å². The molecule has 0 bridgehead atoms. The van der Waals surface area contributed by atoms with Crippen LogP contribution in [0.3, 0.4) is 0 Å². The molecule has 1 aromatic rings. The topological polar surface area (TPSA) is 69.7 Å². The normalized spacial score (nSPS) is 11.1. The Morgan fingerprint density at radius 1 is 1.21 bits per heavy atom. The molecule has 0 amide bonds. The van der Waals surface area contributed by atoms with Crippen LogP contribution in [0.1, 0.15) is 23.2 Å². The van der Waals surface area contributed by atoms with Crippen molar-refractivity contribution in [3.05, 3.63) is 23.8 Å². The molecular weight excluding hydrogens is 268 g/mol. The highest BCUT2D eigenvalue weighted by atomic mass is 32.2. The maximum Gasteiger partial charge on any atom is 0.166 e. The average molecular weight is 286 g/mol.